The normalized spacial score (nSPS) is 20.2. The summed E-state index contributed by atoms with van der Waals surface area (Å²) in [5.74, 6) is 0.906. The zero-order valence-corrected chi connectivity index (χ0v) is 13.4. The zero-order valence-electron chi connectivity index (χ0n) is 12.5. The third kappa shape index (κ3) is 3.30. The molecule has 0 radical (unpaired) electrons. The van der Waals surface area contributed by atoms with Crippen LogP contribution in [0, 0.1) is 0 Å². The molecule has 0 saturated carbocycles. The number of ether oxygens (including phenoxy) is 3. The van der Waals surface area contributed by atoms with Crippen LogP contribution in [0.15, 0.2) is 23.1 Å². The van der Waals surface area contributed by atoms with Crippen molar-refractivity contribution in [2.24, 2.45) is 0 Å². The van der Waals surface area contributed by atoms with Crippen molar-refractivity contribution >= 4 is 10.0 Å². The van der Waals surface area contributed by atoms with Gasteiger partial charge in [-0.2, -0.15) is 4.31 Å². The number of hydrogen-bond donors (Lipinski definition) is 0. The summed E-state index contributed by atoms with van der Waals surface area (Å²) in [4.78, 5) is 0.205. The second-order valence-corrected chi connectivity index (χ2v) is 6.72. The molecule has 1 saturated heterocycles. The van der Waals surface area contributed by atoms with Gasteiger partial charge in [0, 0.05) is 19.2 Å². The topological polar surface area (TPSA) is 65.1 Å². The van der Waals surface area contributed by atoms with Crippen molar-refractivity contribution in [1.82, 2.24) is 4.31 Å². The van der Waals surface area contributed by atoms with Gasteiger partial charge < -0.3 is 14.2 Å². The molecular weight excluding hydrogens is 294 g/mol. The fourth-order valence-corrected chi connectivity index (χ4v) is 3.76. The molecule has 0 amide bonds. The summed E-state index contributed by atoms with van der Waals surface area (Å²) in [6.07, 6.45) is 0.742. The van der Waals surface area contributed by atoms with Crippen LogP contribution in [0.3, 0.4) is 0 Å². The van der Waals surface area contributed by atoms with Gasteiger partial charge in [-0.15, -0.1) is 0 Å². The fourth-order valence-electron chi connectivity index (χ4n) is 2.28. The monoisotopic (exact) mass is 315 g/mol. The second kappa shape index (κ2) is 6.64. The number of morpholine rings is 1. The van der Waals surface area contributed by atoms with Crippen LogP contribution in [-0.4, -0.2) is 52.7 Å². The molecule has 21 heavy (non-hydrogen) atoms. The molecule has 1 aliphatic heterocycles. The van der Waals surface area contributed by atoms with Crippen molar-refractivity contribution in [2.45, 2.75) is 24.3 Å². The number of sulfonamides is 1. The molecule has 1 unspecified atom stereocenters. The molecule has 1 fully saturated rings. The molecule has 0 aromatic heterocycles. The van der Waals surface area contributed by atoms with Crippen LogP contribution in [0.25, 0.3) is 0 Å². The van der Waals surface area contributed by atoms with Crippen LogP contribution in [0.2, 0.25) is 0 Å². The number of benzene rings is 1. The summed E-state index contributed by atoms with van der Waals surface area (Å²) in [6.45, 7) is 3.16. The Morgan fingerprint density at radius 1 is 1.29 bits per heavy atom. The number of rotatable bonds is 5. The van der Waals surface area contributed by atoms with Gasteiger partial charge in [-0.25, -0.2) is 8.42 Å². The first-order valence-corrected chi connectivity index (χ1v) is 8.30. The standard InChI is InChI=1S/C14H21NO5S/c1-4-11-10-15(7-8-20-11)21(16,17)12-5-6-13(18-2)14(9-12)19-3/h5-6,9,11H,4,7-8,10H2,1-3H3. The summed E-state index contributed by atoms with van der Waals surface area (Å²) >= 11 is 0. The van der Waals surface area contributed by atoms with E-state index in [9.17, 15) is 8.42 Å². The maximum atomic E-state index is 12.7. The lowest BCUT2D eigenvalue weighted by Gasteiger charge is -2.31. The van der Waals surface area contributed by atoms with Gasteiger partial charge >= 0.3 is 0 Å². The van der Waals surface area contributed by atoms with Crippen molar-refractivity contribution in [3.8, 4) is 11.5 Å². The Balaban J connectivity index is 2.30. The minimum absolute atomic E-state index is 0.0475. The lowest BCUT2D eigenvalue weighted by molar-refractivity contribution is -0.00278. The molecular formula is C14H21NO5S. The Morgan fingerprint density at radius 3 is 2.62 bits per heavy atom. The largest absolute Gasteiger partial charge is 0.493 e. The van der Waals surface area contributed by atoms with E-state index in [1.165, 1.54) is 30.7 Å². The zero-order chi connectivity index (χ0) is 15.5. The molecule has 1 aromatic carbocycles. The predicted octanol–water partition coefficient (Wildman–Crippen LogP) is 1.50. The molecule has 0 spiro atoms. The third-order valence-corrected chi connectivity index (χ3v) is 5.41. The van der Waals surface area contributed by atoms with Crippen LogP contribution in [0.5, 0.6) is 11.5 Å². The first-order chi connectivity index (χ1) is 10.0. The van der Waals surface area contributed by atoms with E-state index in [0.29, 0.717) is 31.2 Å². The summed E-state index contributed by atoms with van der Waals surface area (Å²) < 4.78 is 42.7. The maximum Gasteiger partial charge on any atom is 0.243 e. The van der Waals surface area contributed by atoms with Crippen LogP contribution in [-0.2, 0) is 14.8 Å². The number of methoxy groups -OCH3 is 2. The van der Waals surface area contributed by atoms with Crippen molar-refractivity contribution < 1.29 is 22.6 Å². The van der Waals surface area contributed by atoms with E-state index in [1.54, 1.807) is 6.07 Å². The van der Waals surface area contributed by atoms with E-state index in [-0.39, 0.29) is 11.0 Å². The Bertz CT molecular complexity index is 587. The molecule has 0 aliphatic carbocycles. The molecule has 7 heteroatoms. The Morgan fingerprint density at radius 2 is 2.00 bits per heavy atom. The molecule has 2 rings (SSSR count). The summed E-state index contributed by atoms with van der Waals surface area (Å²) in [5.41, 5.74) is 0. The van der Waals surface area contributed by atoms with Gasteiger partial charge in [0.05, 0.1) is 31.8 Å². The SMILES string of the molecule is CCC1CN(S(=O)(=O)c2ccc(OC)c(OC)c2)CCO1. The van der Waals surface area contributed by atoms with E-state index in [2.05, 4.69) is 0 Å². The molecule has 1 heterocycles. The minimum atomic E-state index is -3.54. The first-order valence-electron chi connectivity index (χ1n) is 6.86. The Kier molecular flexibility index (Phi) is 5.08. The van der Waals surface area contributed by atoms with Crippen molar-refractivity contribution in [1.29, 1.82) is 0 Å². The van der Waals surface area contributed by atoms with Gasteiger partial charge in [0.1, 0.15) is 0 Å². The number of hydrogen-bond acceptors (Lipinski definition) is 5. The van der Waals surface area contributed by atoms with Gasteiger partial charge in [0.15, 0.2) is 11.5 Å². The third-order valence-electron chi connectivity index (χ3n) is 3.55. The summed E-state index contributed by atoms with van der Waals surface area (Å²) in [6, 6.07) is 4.63. The lowest BCUT2D eigenvalue weighted by Crippen LogP contribution is -2.45. The molecule has 6 nitrogen and oxygen atoms in total. The molecule has 1 aliphatic rings. The summed E-state index contributed by atoms with van der Waals surface area (Å²) in [5, 5.41) is 0. The Hall–Kier alpha value is -1.31. The van der Waals surface area contributed by atoms with E-state index >= 15 is 0 Å². The second-order valence-electron chi connectivity index (χ2n) is 4.78. The minimum Gasteiger partial charge on any atom is -0.493 e. The van der Waals surface area contributed by atoms with Crippen molar-refractivity contribution in [3.05, 3.63) is 18.2 Å². The van der Waals surface area contributed by atoms with Crippen molar-refractivity contribution in [2.75, 3.05) is 33.9 Å². The van der Waals surface area contributed by atoms with Crippen LogP contribution >= 0.6 is 0 Å². The van der Waals surface area contributed by atoms with Crippen LogP contribution in [0.1, 0.15) is 13.3 Å². The van der Waals surface area contributed by atoms with Crippen LogP contribution < -0.4 is 9.47 Å². The van der Waals surface area contributed by atoms with Gasteiger partial charge in [-0.1, -0.05) is 6.92 Å². The highest BCUT2D eigenvalue weighted by Crippen LogP contribution is 2.31. The van der Waals surface area contributed by atoms with Gasteiger partial charge in [-0.05, 0) is 18.6 Å². The predicted molar refractivity (Wildman–Crippen MR) is 78.3 cm³/mol. The van der Waals surface area contributed by atoms with Gasteiger partial charge in [0.25, 0.3) is 0 Å². The highest BCUT2D eigenvalue weighted by molar-refractivity contribution is 7.89. The maximum absolute atomic E-state index is 12.7. The fraction of sp³-hybridized carbons (Fsp3) is 0.571. The molecule has 0 bridgehead atoms. The lowest BCUT2D eigenvalue weighted by atomic mass is 10.2. The van der Waals surface area contributed by atoms with Gasteiger partial charge in [0.2, 0.25) is 10.0 Å². The van der Waals surface area contributed by atoms with E-state index < -0.39 is 10.0 Å². The Labute approximate surface area is 125 Å². The first kappa shape index (κ1) is 16.1. The van der Waals surface area contributed by atoms with E-state index in [1.807, 2.05) is 6.92 Å². The van der Waals surface area contributed by atoms with Gasteiger partial charge in [-0.3, -0.25) is 0 Å². The highest BCUT2D eigenvalue weighted by Gasteiger charge is 2.30. The average Bonchev–Trinajstić information content (AvgIpc) is 2.54. The molecule has 1 atom stereocenters. The van der Waals surface area contributed by atoms with E-state index in [4.69, 9.17) is 14.2 Å². The highest BCUT2D eigenvalue weighted by atomic mass is 32.2. The quantitative estimate of drug-likeness (QED) is 0.824. The molecule has 118 valence electrons. The number of nitrogens with zero attached hydrogens (tertiary/aromatic N) is 1. The van der Waals surface area contributed by atoms with Crippen molar-refractivity contribution in [3.63, 3.8) is 0 Å². The smallest absolute Gasteiger partial charge is 0.243 e. The summed E-state index contributed by atoms with van der Waals surface area (Å²) in [7, 11) is -0.549. The molecule has 0 N–H and O–H groups in total. The van der Waals surface area contributed by atoms with E-state index in [0.717, 1.165) is 6.42 Å². The van der Waals surface area contributed by atoms with Crippen LogP contribution in [0.4, 0.5) is 0 Å². The average molecular weight is 315 g/mol. The molecule has 1 aromatic rings.